The molecule has 0 N–H and O–H groups in total. The van der Waals surface area contributed by atoms with Gasteiger partial charge in [-0.15, -0.1) is 11.3 Å². The van der Waals surface area contributed by atoms with Crippen molar-refractivity contribution in [2.45, 2.75) is 0 Å². The molecule has 53 heavy (non-hydrogen) atoms. The molecule has 10 rings (SSSR count). The van der Waals surface area contributed by atoms with Crippen molar-refractivity contribution in [1.82, 2.24) is 9.55 Å². The molecule has 3 aromatic heterocycles. The van der Waals surface area contributed by atoms with Gasteiger partial charge in [0, 0.05) is 50.0 Å². The van der Waals surface area contributed by atoms with E-state index in [0.717, 1.165) is 28.3 Å². The summed E-state index contributed by atoms with van der Waals surface area (Å²) in [5, 5.41) is 2.60. The molecule has 7 aromatic carbocycles. The van der Waals surface area contributed by atoms with Gasteiger partial charge in [-0.3, -0.25) is 4.98 Å². The van der Waals surface area contributed by atoms with Gasteiger partial charge in [0.15, 0.2) is 0 Å². The minimum Gasteiger partial charge on any atom is -0.311 e. The van der Waals surface area contributed by atoms with Crippen molar-refractivity contribution in [3.05, 3.63) is 200 Å². The van der Waals surface area contributed by atoms with Crippen molar-refractivity contribution in [1.29, 1.82) is 0 Å². The van der Waals surface area contributed by atoms with Crippen molar-refractivity contribution >= 4 is 59.6 Å². The molecular formula is C49H33N3S. The van der Waals surface area contributed by atoms with Crippen LogP contribution in [0.1, 0.15) is 0 Å². The van der Waals surface area contributed by atoms with Gasteiger partial charge in [-0.25, -0.2) is 0 Å². The van der Waals surface area contributed by atoms with E-state index in [1.807, 2.05) is 35.7 Å². The maximum absolute atomic E-state index is 4.56. The number of para-hydroxylation sites is 1. The van der Waals surface area contributed by atoms with Crippen molar-refractivity contribution in [3.8, 4) is 39.2 Å². The minimum atomic E-state index is 0.964. The summed E-state index contributed by atoms with van der Waals surface area (Å²) in [6.07, 6.45) is 1.84. The van der Waals surface area contributed by atoms with E-state index in [2.05, 4.69) is 190 Å². The van der Waals surface area contributed by atoms with Crippen molar-refractivity contribution in [2.75, 3.05) is 4.90 Å². The van der Waals surface area contributed by atoms with Crippen LogP contribution in [0.25, 0.3) is 70.4 Å². The van der Waals surface area contributed by atoms with Crippen LogP contribution in [-0.2, 0) is 0 Å². The Morgan fingerprint density at radius 1 is 0.415 bits per heavy atom. The Morgan fingerprint density at radius 2 is 0.925 bits per heavy atom. The highest BCUT2D eigenvalue weighted by Gasteiger charge is 2.18. The third-order valence-corrected chi connectivity index (χ3v) is 11.3. The first-order chi connectivity index (χ1) is 26.3. The fourth-order valence-corrected chi connectivity index (χ4v) is 8.71. The second-order valence-electron chi connectivity index (χ2n) is 13.2. The Labute approximate surface area is 312 Å². The molecule has 3 nitrogen and oxygen atoms in total. The summed E-state index contributed by atoms with van der Waals surface area (Å²) in [5.74, 6) is 0. The van der Waals surface area contributed by atoms with Crippen molar-refractivity contribution < 1.29 is 0 Å². The number of pyridine rings is 1. The molecule has 0 aliphatic carbocycles. The summed E-state index contributed by atoms with van der Waals surface area (Å²) in [7, 11) is 0. The first kappa shape index (κ1) is 31.0. The Bertz CT molecular complexity index is 2750. The Balaban J connectivity index is 1.00. The number of anilines is 3. The number of hydrogen-bond donors (Lipinski definition) is 0. The summed E-state index contributed by atoms with van der Waals surface area (Å²) in [6, 6.07) is 69.4. The lowest BCUT2D eigenvalue weighted by atomic mass is 10.0. The largest absolute Gasteiger partial charge is 0.311 e. The van der Waals surface area contributed by atoms with Crippen LogP contribution in [-0.4, -0.2) is 9.55 Å². The first-order valence-electron chi connectivity index (χ1n) is 17.9. The zero-order chi connectivity index (χ0) is 35.1. The predicted octanol–water partition coefficient (Wildman–Crippen LogP) is 13.9. The van der Waals surface area contributed by atoms with Crippen molar-refractivity contribution in [2.24, 2.45) is 0 Å². The molecule has 0 unspecified atom stereocenters. The second-order valence-corrected chi connectivity index (χ2v) is 14.3. The van der Waals surface area contributed by atoms with Gasteiger partial charge in [0.05, 0.1) is 21.4 Å². The number of thiophene rings is 1. The average Bonchev–Trinajstić information content (AvgIpc) is 3.77. The van der Waals surface area contributed by atoms with Crippen LogP contribution in [0.3, 0.4) is 0 Å². The molecule has 0 radical (unpaired) electrons. The molecule has 0 spiro atoms. The molecule has 0 fully saturated rings. The summed E-state index contributed by atoms with van der Waals surface area (Å²) in [4.78, 5) is 6.88. The Morgan fingerprint density at radius 3 is 1.55 bits per heavy atom. The Hall–Kier alpha value is -6.75. The Kier molecular flexibility index (Phi) is 7.67. The highest BCUT2D eigenvalue weighted by Crippen LogP contribution is 2.43. The van der Waals surface area contributed by atoms with E-state index in [1.54, 1.807) is 0 Å². The van der Waals surface area contributed by atoms with E-state index >= 15 is 0 Å². The molecule has 250 valence electrons. The van der Waals surface area contributed by atoms with Crippen LogP contribution in [0.4, 0.5) is 17.1 Å². The van der Waals surface area contributed by atoms with Gasteiger partial charge in [-0.1, -0.05) is 121 Å². The average molecular weight is 696 g/mol. The predicted molar refractivity (Wildman–Crippen MR) is 225 cm³/mol. The maximum Gasteiger partial charge on any atom is 0.0727 e. The number of hydrogen-bond acceptors (Lipinski definition) is 3. The number of aromatic nitrogens is 2. The number of rotatable bonds is 7. The number of nitrogens with zero attached hydrogens (tertiary/aromatic N) is 3. The monoisotopic (exact) mass is 695 g/mol. The third-order valence-electron chi connectivity index (χ3n) is 10.1. The smallest absolute Gasteiger partial charge is 0.0727 e. The van der Waals surface area contributed by atoms with E-state index in [4.69, 9.17) is 0 Å². The standard InChI is InChI=1S/C49H33N3S/c1-2-10-34(11-3-1)35-17-25-39(26-18-35)51(41-31-23-38(24-32-41)45-14-8-9-33-50-45)40-27-19-36(20-28-40)37-21-29-42(30-22-37)52-46-15-6-4-12-43(46)49-48(52)44-13-5-7-16-47(44)53-49/h1-33H. The van der Waals surface area contributed by atoms with Crippen LogP contribution in [0, 0.1) is 0 Å². The molecule has 0 bridgehead atoms. The lowest BCUT2D eigenvalue weighted by Gasteiger charge is -2.26. The van der Waals surface area contributed by atoms with Crippen molar-refractivity contribution in [3.63, 3.8) is 0 Å². The van der Waals surface area contributed by atoms with E-state index in [-0.39, 0.29) is 0 Å². The highest BCUT2D eigenvalue weighted by atomic mass is 32.1. The lowest BCUT2D eigenvalue weighted by molar-refractivity contribution is 1.19. The van der Waals surface area contributed by atoms with E-state index in [1.165, 1.54) is 59.1 Å². The molecule has 0 saturated heterocycles. The molecule has 0 aliphatic rings. The molecule has 3 heterocycles. The van der Waals surface area contributed by atoms with Crippen LogP contribution in [0.5, 0.6) is 0 Å². The SMILES string of the molecule is c1ccc(-c2ccc(N(c3ccc(-c4ccc(-n5c6ccccc6c6sc7ccccc7c65)cc4)cc3)c3ccc(-c4ccccn4)cc3)cc2)cc1. The van der Waals surface area contributed by atoms with E-state index < -0.39 is 0 Å². The highest BCUT2D eigenvalue weighted by molar-refractivity contribution is 7.26. The molecule has 0 atom stereocenters. The summed E-state index contributed by atoms with van der Waals surface area (Å²) < 4.78 is 5.09. The quantitative estimate of drug-likeness (QED) is 0.165. The molecular weight excluding hydrogens is 663 g/mol. The molecule has 0 saturated carbocycles. The van der Waals surface area contributed by atoms with Crippen LogP contribution in [0.15, 0.2) is 200 Å². The zero-order valence-electron chi connectivity index (χ0n) is 28.8. The number of fused-ring (bicyclic) bond motifs is 5. The van der Waals surface area contributed by atoms with E-state index in [9.17, 15) is 0 Å². The fourth-order valence-electron chi connectivity index (χ4n) is 7.49. The second kappa shape index (κ2) is 13.1. The summed E-state index contributed by atoms with van der Waals surface area (Å²) in [5.41, 5.74) is 13.8. The normalized spacial score (nSPS) is 11.4. The number of benzene rings is 7. The minimum absolute atomic E-state index is 0.964. The van der Waals surface area contributed by atoms with Gasteiger partial charge in [0.25, 0.3) is 0 Å². The summed E-state index contributed by atoms with van der Waals surface area (Å²) >= 11 is 1.88. The zero-order valence-corrected chi connectivity index (χ0v) is 29.6. The maximum atomic E-state index is 4.56. The van der Waals surface area contributed by atoms with Gasteiger partial charge >= 0.3 is 0 Å². The van der Waals surface area contributed by atoms with Crippen LogP contribution >= 0.6 is 11.3 Å². The van der Waals surface area contributed by atoms with E-state index in [0.29, 0.717) is 0 Å². The topological polar surface area (TPSA) is 21.1 Å². The van der Waals surface area contributed by atoms with Gasteiger partial charge in [-0.2, -0.15) is 0 Å². The first-order valence-corrected chi connectivity index (χ1v) is 18.7. The van der Waals surface area contributed by atoms with Gasteiger partial charge in [-0.05, 0) is 95.1 Å². The van der Waals surface area contributed by atoms with Crippen LogP contribution < -0.4 is 4.90 Å². The molecule has 0 aliphatic heterocycles. The molecule has 0 amide bonds. The van der Waals surface area contributed by atoms with Gasteiger partial charge < -0.3 is 9.47 Å². The fraction of sp³-hybridized carbons (Fsp3) is 0. The third kappa shape index (κ3) is 5.57. The van der Waals surface area contributed by atoms with Crippen LogP contribution in [0.2, 0.25) is 0 Å². The molecule has 4 heteroatoms. The lowest BCUT2D eigenvalue weighted by Crippen LogP contribution is -2.09. The van der Waals surface area contributed by atoms with Gasteiger partial charge in [0.2, 0.25) is 0 Å². The molecule has 10 aromatic rings. The summed E-state index contributed by atoms with van der Waals surface area (Å²) in [6.45, 7) is 0. The van der Waals surface area contributed by atoms with Gasteiger partial charge in [0.1, 0.15) is 0 Å².